The number of benzene rings is 1. The van der Waals surface area contributed by atoms with E-state index in [1.54, 1.807) is 0 Å². The Bertz CT molecular complexity index is 352. The van der Waals surface area contributed by atoms with Crippen molar-refractivity contribution in [2.45, 2.75) is 24.9 Å². The molecule has 1 aromatic carbocycles. The molecular weight excluding hydrogens is 215 g/mol. The van der Waals surface area contributed by atoms with E-state index in [1.165, 1.54) is 6.07 Å². The molecule has 88 valence electrons. The molecule has 0 saturated carbocycles. The number of rotatable bonds is 2. The fraction of sp³-hybridized carbons (Fsp3) is 0.500. The second kappa shape index (κ2) is 4.45. The molecule has 1 nitrogen and oxygen atoms in total. The Balaban J connectivity index is 2.19. The summed E-state index contributed by atoms with van der Waals surface area (Å²) in [6.07, 6.45) is 0.860. The molecule has 16 heavy (non-hydrogen) atoms. The van der Waals surface area contributed by atoms with Crippen LogP contribution in [0.25, 0.3) is 0 Å². The zero-order valence-corrected chi connectivity index (χ0v) is 8.90. The van der Waals surface area contributed by atoms with Crippen LogP contribution >= 0.6 is 0 Å². The zero-order chi connectivity index (χ0) is 11.6. The van der Waals surface area contributed by atoms with Gasteiger partial charge in [0.25, 0.3) is 0 Å². The van der Waals surface area contributed by atoms with Gasteiger partial charge in [-0.1, -0.05) is 6.07 Å². The second-order valence-electron chi connectivity index (χ2n) is 4.31. The van der Waals surface area contributed by atoms with Crippen molar-refractivity contribution in [2.24, 2.45) is 0 Å². The monoisotopic (exact) mass is 229 g/mol. The molecule has 0 aromatic heterocycles. The molecule has 1 aliphatic heterocycles. The highest BCUT2D eigenvalue weighted by Crippen LogP contribution is 2.27. The normalized spacial score (nSPS) is 25.7. The van der Waals surface area contributed by atoms with Crippen LogP contribution in [0.1, 0.15) is 18.4 Å². The molecule has 1 N–H and O–H groups in total. The zero-order valence-electron chi connectivity index (χ0n) is 8.90. The maximum absolute atomic E-state index is 14.2. The van der Waals surface area contributed by atoms with Crippen molar-refractivity contribution in [2.75, 3.05) is 13.1 Å². The van der Waals surface area contributed by atoms with Gasteiger partial charge in [-0.15, -0.1) is 0 Å². The summed E-state index contributed by atoms with van der Waals surface area (Å²) in [5.74, 6) is -1.33. The lowest BCUT2D eigenvalue weighted by molar-refractivity contribution is 0.120. The molecule has 1 heterocycles. The summed E-state index contributed by atoms with van der Waals surface area (Å²) in [5.41, 5.74) is -1.67. The Morgan fingerprint density at radius 2 is 1.94 bits per heavy atom. The van der Waals surface area contributed by atoms with E-state index in [0.29, 0.717) is 12.8 Å². The highest BCUT2D eigenvalue weighted by Gasteiger charge is 2.33. The van der Waals surface area contributed by atoms with Gasteiger partial charge in [0.2, 0.25) is 0 Å². The fourth-order valence-corrected chi connectivity index (χ4v) is 2.10. The third kappa shape index (κ3) is 2.38. The van der Waals surface area contributed by atoms with E-state index < -0.39 is 17.3 Å². The minimum absolute atomic E-state index is 0.145. The first-order valence-electron chi connectivity index (χ1n) is 5.43. The molecule has 4 heteroatoms. The van der Waals surface area contributed by atoms with Gasteiger partial charge in [-0.05, 0) is 31.5 Å². The van der Waals surface area contributed by atoms with Crippen LogP contribution in [-0.4, -0.2) is 18.8 Å². The molecule has 0 aliphatic carbocycles. The maximum Gasteiger partial charge on any atom is 0.129 e. The van der Waals surface area contributed by atoms with Crippen molar-refractivity contribution >= 4 is 0 Å². The fourth-order valence-electron chi connectivity index (χ4n) is 2.10. The van der Waals surface area contributed by atoms with E-state index in [4.69, 9.17) is 0 Å². The number of hydrogen-bond donors (Lipinski definition) is 1. The van der Waals surface area contributed by atoms with Gasteiger partial charge < -0.3 is 5.32 Å². The Hall–Kier alpha value is -1.03. The van der Waals surface area contributed by atoms with Crippen molar-refractivity contribution in [3.63, 3.8) is 0 Å². The molecule has 0 bridgehead atoms. The van der Waals surface area contributed by atoms with Gasteiger partial charge in [0.15, 0.2) is 0 Å². The van der Waals surface area contributed by atoms with Crippen LogP contribution in [0.3, 0.4) is 0 Å². The van der Waals surface area contributed by atoms with E-state index in [2.05, 4.69) is 5.32 Å². The SMILES string of the molecule is Fc1cccc(F)c1CC1(F)CCCNC1. The molecule has 0 radical (unpaired) electrons. The lowest BCUT2D eigenvalue weighted by Gasteiger charge is -2.30. The molecule has 0 amide bonds. The molecule has 1 aliphatic rings. The predicted molar refractivity (Wildman–Crippen MR) is 56.0 cm³/mol. The molecule has 1 atom stereocenters. The number of alkyl halides is 1. The summed E-state index contributed by atoms with van der Waals surface area (Å²) in [4.78, 5) is 0. The van der Waals surface area contributed by atoms with E-state index in [1.807, 2.05) is 0 Å². The van der Waals surface area contributed by atoms with Crippen LogP contribution in [0.5, 0.6) is 0 Å². The third-order valence-electron chi connectivity index (χ3n) is 2.98. The number of hydrogen-bond acceptors (Lipinski definition) is 1. The summed E-state index contributed by atoms with van der Waals surface area (Å²) in [5, 5.41) is 2.91. The smallest absolute Gasteiger partial charge is 0.129 e. The van der Waals surface area contributed by atoms with Crippen molar-refractivity contribution in [3.05, 3.63) is 35.4 Å². The van der Waals surface area contributed by atoms with Crippen LogP contribution in [0.4, 0.5) is 13.2 Å². The molecule has 1 saturated heterocycles. The molecule has 1 fully saturated rings. The topological polar surface area (TPSA) is 12.0 Å². The first kappa shape index (κ1) is 11.5. The van der Waals surface area contributed by atoms with Crippen molar-refractivity contribution in [3.8, 4) is 0 Å². The van der Waals surface area contributed by atoms with E-state index >= 15 is 0 Å². The van der Waals surface area contributed by atoms with Crippen molar-refractivity contribution in [1.82, 2.24) is 5.32 Å². The minimum Gasteiger partial charge on any atom is -0.314 e. The molecular formula is C12H14F3N. The Labute approximate surface area is 92.7 Å². The van der Waals surface area contributed by atoms with Gasteiger partial charge in [-0.3, -0.25) is 0 Å². The number of halogens is 3. The van der Waals surface area contributed by atoms with Gasteiger partial charge in [0.1, 0.15) is 17.3 Å². The van der Waals surface area contributed by atoms with Crippen molar-refractivity contribution in [1.29, 1.82) is 0 Å². The number of nitrogens with one attached hydrogen (secondary N) is 1. The van der Waals surface area contributed by atoms with Gasteiger partial charge in [0.05, 0.1) is 0 Å². The van der Waals surface area contributed by atoms with E-state index in [0.717, 1.165) is 18.7 Å². The van der Waals surface area contributed by atoms with Gasteiger partial charge in [0, 0.05) is 18.5 Å². The molecule has 2 rings (SSSR count). The second-order valence-corrected chi connectivity index (χ2v) is 4.31. The highest BCUT2D eigenvalue weighted by molar-refractivity contribution is 5.22. The highest BCUT2D eigenvalue weighted by atomic mass is 19.1. The van der Waals surface area contributed by atoms with Crippen LogP contribution < -0.4 is 5.32 Å². The number of piperidine rings is 1. The third-order valence-corrected chi connectivity index (χ3v) is 2.98. The van der Waals surface area contributed by atoms with E-state index in [9.17, 15) is 13.2 Å². The van der Waals surface area contributed by atoms with Crippen molar-refractivity contribution < 1.29 is 13.2 Å². The summed E-state index contributed by atoms with van der Waals surface area (Å²) >= 11 is 0. The first-order valence-corrected chi connectivity index (χ1v) is 5.43. The first-order chi connectivity index (χ1) is 7.61. The summed E-state index contributed by atoms with van der Waals surface area (Å²) in [6.45, 7) is 0.937. The van der Waals surface area contributed by atoms with Gasteiger partial charge >= 0.3 is 0 Å². The average Bonchev–Trinajstić information content (AvgIpc) is 2.25. The van der Waals surface area contributed by atoms with Crippen LogP contribution in [0.2, 0.25) is 0 Å². The molecule has 1 unspecified atom stereocenters. The Morgan fingerprint density at radius 3 is 2.50 bits per heavy atom. The molecule has 0 spiro atoms. The van der Waals surface area contributed by atoms with Gasteiger partial charge in [-0.25, -0.2) is 13.2 Å². The lowest BCUT2D eigenvalue weighted by Crippen LogP contribution is -2.44. The van der Waals surface area contributed by atoms with Gasteiger partial charge in [-0.2, -0.15) is 0 Å². The van der Waals surface area contributed by atoms with Crippen LogP contribution in [-0.2, 0) is 6.42 Å². The Kier molecular flexibility index (Phi) is 3.19. The molecule has 1 aromatic rings. The predicted octanol–water partition coefficient (Wildman–Crippen LogP) is 2.60. The quantitative estimate of drug-likeness (QED) is 0.822. The maximum atomic E-state index is 14.2. The standard InChI is InChI=1S/C12H14F3N/c13-10-3-1-4-11(14)9(10)7-12(15)5-2-6-16-8-12/h1,3-4,16H,2,5-8H2. The minimum atomic E-state index is -1.53. The van der Waals surface area contributed by atoms with Crippen LogP contribution in [0, 0.1) is 11.6 Å². The summed E-state index contributed by atoms with van der Waals surface area (Å²) < 4.78 is 40.9. The lowest BCUT2D eigenvalue weighted by atomic mass is 9.89. The largest absolute Gasteiger partial charge is 0.314 e. The average molecular weight is 229 g/mol. The summed E-state index contributed by atoms with van der Waals surface area (Å²) in [6, 6.07) is 3.62. The Morgan fingerprint density at radius 1 is 1.25 bits per heavy atom. The van der Waals surface area contributed by atoms with E-state index in [-0.39, 0.29) is 18.5 Å². The van der Waals surface area contributed by atoms with Crippen LogP contribution in [0.15, 0.2) is 18.2 Å². The summed E-state index contributed by atoms with van der Waals surface area (Å²) in [7, 11) is 0.